The molecule has 1 unspecified atom stereocenters. The fourth-order valence-electron chi connectivity index (χ4n) is 1.70. The Balaban J connectivity index is 2.17. The van der Waals surface area contributed by atoms with Gasteiger partial charge in [0.1, 0.15) is 0 Å². The maximum atomic E-state index is 10.1. The highest BCUT2D eigenvalue weighted by Gasteiger charge is 2.22. The van der Waals surface area contributed by atoms with Crippen molar-refractivity contribution < 1.29 is 15.0 Å². The average Bonchev–Trinajstić information content (AvgIpc) is 2.51. The maximum Gasteiger partial charge on any atom is 0.404 e. The van der Waals surface area contributed by atoms with Crippen LogP contribution in [0.2, 0.25) is 0 Å². The van der Waals surface area contributed by atoms with Crippen LogP contribution in [0.15, 0.2) is 0 Å². The van der Waals surface area contributed by atoms with Crippen LogP contribution in [0.4, 0.5) is 4.79 Å². The first kappa shape index (κ1) is 9.32. The highest BCUT2D eigenvalue weighted by Crippen LogP contribution is 2.27. The monoisotopic (exact) mass is 173 g/mol. The summed E-state index contributed by atoms with van der Waals surface area (Å²) in [5.41, 5.74) is 0. The summed E-state index contributed by atoms with van der Waals surface area (Å²) in [7, 11) is 0. The minimum Gasteiger partial charge on any atom is -0.465 e. The number of hydrogen-bond acceptors (Lipinski definition) is 2. The molecule has 4 heteroatoms. The Morgan fingerprint density at radius 2 is 2.08 bits per heavy atom. The third-order valence-corrected chi connectivity index (χ3v) is 2.41. The van der Waals surface area contributed by atoms with Crippen LogP contribution in [-0.4, -0.2) is 29.0 Å². The van der Waals surface area contributed by atoms with Gasteiger partial charge in [-0.25, -0.2) is 4.79 Å². The molecule has 1 saturated carbocycles. The number of hydrogen-bond donors (Lipinski definition) is 3. The van der Waals surface area contributed by atoms with E-state index in [-0.39, 0.29) is 6.54 Å². The number of carbonyl (C=O) groups is 1. The first-order valence-corrected chi connectivity index (χ1v) is 4.35. The molecule has 0 radical (unpaired) electrons. The number of nitrogens with one attached hydrogen (secondary N) is 1. The van der Waals surface area contributed by atoms with E-state index < -0.39 is 12.2 Å². The minimum atomic E-state index is -1.06. The standard InChI is InChI=1S/C8H15NO3/c10-7(5-9-8(11)12)6-3-1-2-4-6/h6-7,9-10H,1-5H2,(H,11,12). The van der Waals surface area contributed by atoms with Crippen LogP contribution >= 0.6 is 0 Å². The van der Waals surface area contributed by atoms with Crippen molar-refractivity contribution in [1.29, 1.82) is 0 Å². The molecule has 0 spiro atoms. The number of rotatable bonds is 3. The molecule has 1 aliphatic rings. The Bertz CT molecular complexity index is 154. The number of amides is 1. The van der Waals surface area contributed by atoms with Crippen molar-refractivity contribution in [3.8, 4) is 0 Å². The van der Waals surface area contributed by atoms with Crippen molar-refractivity contribution in [2.45, 2.75) is 31.8 Å². The normalized spacial score (nSPS) is 20.8. The van der Waals surface area contributed by atoms with E-state index in [1.54, 1.807) is 0 Å². The van der Waals surface area contributed by atoms with E-state index in [4.69, 9.17) is 5.11 Å². The van der Waals surface area contributed by atoms with Gasteiger partial charge in [-0.3, -0.25) is 0 Å². The molecule has 0 aliphatic heterocycles. The molecule has 1 atom stereocenters. The molecule has 1 amide bonds. The molecule has 1 rings (SSSR count). The number of aliphatic hydroxyl groups excluding tert-OH is 1. The third-order valence-electron chi connectivity index (χ3n) is 2.41. The van der Waals surface area contributed by atoms with Gasteiger partial charge in [0.2, 0.25) is 0 Å². The molecular weight excluding hydrogens is 158 g/mol. The fraction of sp³-hybridized carbons (Fsp3) is 0.875. The van der Waals surface area contributed by atoms with E-state index in [0.29, 0.717) is 5.92 Å². The molecule has 0 aromatic heterocycles. The Kier molecular flexibility index (Phi) is 3.34. The molecule has 0 saturated heterocycles. The van der Waals surface area contributed by atoms with Gasteiger partial charge >= 0.3 is 6.09 Å². The molecule has 12 heavy (non-hydrogen) atoms. The average molecular weight is 173 g/mol. The van der Waals surface area contributed by atoms with Crippen molar-refractivity contribution >= 4 is 6.09 Å². The van der Waals surface area contributed by atoms with Gasteiger partial charge in [0, 0.05) is 6.54 Å². The van der Waals surface area contributed by atoms with Crippen molar-refractivity contribution in [1.82, 2.24) is 5.32 Å². The highest BCUT2D eigenvalue weighted by molar-refractivity contribution is 5.64. The summed E-state index contributed by atoms with van der Waals surface area (Å²) < 4.78 is 0. The SMILES string of the molecule is O=C(O)NCC(O)C1CCCC1. The lowest BCUT2D eigenvalue weighted by atomic mass is 10.0. The molecule has 1 fully saturated rings. The van der Waals surface area contributed by atoms with Gasteiger partial charge in [-0.15, -0.1) is 0 Å². The predicted octanol–water partition coefficient (Wildman–Crippen LogP) is 0.805. The lowest BCUT2D eigenvalue weighted by Crippen LogP contribution is -2.34. The molecule has 3 N–H and O–H groups in total. The molecular formula is C8H15NO3. The van der Waals surface area contributed by atoms with Gasteiger partial charge < -0.3 is 15.5 Å². The number of carboxylic acid groups (broad SMARTS) is 1. The molecule has 1 aliphatic carbocycles. The van der Waals surface area contributed by atoms with E-state index in [1.165, 1.54) is 0 Å². The molecule has 0 bridgehead atoms. The largest absolute Gasteiger partial charge is 0.465 e. The number of aliphatic hydroxyl groups is 1. The summed E-state index contributed by atoms with van der Waals surface area (Å²) in [5.74, 6) is 0.303. The van der Waals surface area contributed by atoms with Crippen LogP contribution in [0, 0.1) is 5.92 Å². The van der Waals surface area contributed by atoms with Crippen LogP contribution < -0.4 is 5.32 Å². The van der Waals surface area contributed by atoms with E-state index >= 15 is 0 Å². The highest BCUT2D eigenvalue weighted by atomic mass is 16.4. The Morgan fingerprint density at radius 3 is 2.58 bits per heavy atom. The Labute approximate surface area is 71.6 Å². The summed E-state index contributed by atoms with van der Waals surface area (Å²) >= 11 is 0. The van der Waals surface area contributed by atoms with Crippen molar-refractivity contribution in [2.75, 3.05) is 6.54 Å². The van der Waals surface area contributed by atoms with Crippen LogP contribution in [0.5, 0.6) is 0 Å². The maximum absolute atomic E-state index is 10.1. The third kappa shape index (κ3) is 2.70. The first-order valence-electron chi connectivity index (χ1n) is 4.35. The van der Waals surface area contributed by atoms with Crippen molar-refractivity contribution in [3.05, 3.63) is 0 Å². The van der Waals surface area contributed by atoms with Gasteiger partial charge in [-0.2, -0.15) is 0 Å². The zero-order chi connectivity index (χ0) is 8.97. The second-order valence-electron chi connectivity index (χ2n) is 3.30. The fourth-order valence-corrected chi connectivity index (χ4v) is 1.70. The van der Waals surface area contributed by atoms with Gasteiger partial charge in [0.15, 0.2) is 0 Å². The smallest absolute Gasteiger partial charge is 0.404 e. The van der Waals surface area contributed by atoms with E-state index in [2.05, 4.69) is 5.32 Å². The van der Waals surface area contributed by atoms with Crippen LogP contribution in [0.25, 0.3) is 0 Å². The second-order valence-corrected chi connectivity index (χ2v) is 3.30. The van der Waals surface area contributed by atoms with Gasteiger partial charge in [0.05, 0.1) is 6.10 Å². The quantitative estimate of drug-likeness (QED) is 0.591. The lowest BCUT2D eigenvalue weighted by Gasteiger charge is -2.16. The van der Waals surface area contributed by atoms with Crippen LogP contribution in [0.3, 0.4) is 0 Å². The van der Waals surface area contributed by atoms with Gasteiger partial charge in [0.25, 0.3) is 0 Å². The topological polar surface area (TPSA) is 69.6 Å². The molecule has 70 valence electrons. The molecule has 0 aromatic rings. The Morgan fingerprint density at radius 1 is 1.50 bits per heavy atom. The lowest BCUT2D eigenvalue weighted by molar-refractivity contribution is 0.106. The molecule has 0 aromatic carbocycles. The van der Waals surface area contributed by atoms with Gasteiger partial charge in [-0.05, 0) is 18.8 Å². The van der Waals surface area contributed by atoms with Crippen LogP contribution in [-0.2, 0) is 0 Å². The second kappa shape index (κ2) is 4.30. The summed E-state index contributed by atoms with van der Waals surface area (Å²) in [5, 5.41) is 19.9. The van der Waals surface area contributed by atoms with Crippen molar-refractivity contribution in [2.24, 2.45) is 5.92 Å². The zero-order valence-electron chi connectivity index (χ0n) is 6.99. The summed E-state index contributed by atoms with van der Waals surface area (Å²) in [4.78, 5) is 10.1. The first-order chi connectivity index (χ1) is 5.70. The van der Waals surface area contributed by atoms with Gasteiger partial charge in [-0.1, -0.05) is 12.8 Å². The Hall–Kier alpha value is -0.770. The predicted molar refractivity (Wildman–Crippen MR) is 44.0 cm³/mol. The summed E-state index contributed by atoms with van der Waals surface area (Å²) in [6.07, 6.45) is 2.82. The summed E-state index contributed by atoms with van der Waals surface area (Å²) in [6.45, 7) is 0.167. The van der Waals surface area contributed by atoms with Crippen LogP contribution in [0.1, 0.15) is 25.7 Å². The minimum absolute atomic E-state index is 0.167. The molecule has 0 heterocycles. The van der Waals surface area contributed by atoms with E-state index in [9.17, 15) is 9.90 Å². The zero-order valence-corrected chi connectivity index (χ0v) is 6.99. The molecule has 4 nitrogen and oxygen atoms in total. The van der Waals surface area contributed by atoms with E-state index in [1.807, 2.05) is 0 Å². The summed E-state index contributed by atoms with van der Waals surface area (Å²) in [6, 6.07) is 0. The van der Waals surface area contributed by atoms with Crippen molar-refractivity contribution in [3.63, 3.8) is 0 Å². The van der Waals surface area contributed by atoms with E-state index in [0.717, 1.165) is 25.7 Å².